The van der Waals surface area contributed by atoms with Crippen molar-refractivity contribution >= 4 is 5.69 Å². The largest absolute Gasteiger partial charge is 0.505 e. The van der Waals surface area contributed by atoms with E-state index >= 15 is 0 Å². The Morgan fingerprint density at radius 1 is 0.952 bits per heavy atom. The zero-order chi connectivity index (χ0) is 14.7. The first kappa shape index (κ1) is 14.7. The summed E-state index contributed by atoms with van der Waals surface area (Å²) in [4.78, 5) is 0. The molecule has 116 valence electrons. The summed E-state index contributed by atoms with van der Waals surface area (Å²) in [5.41, 5.74) is 0.804. The highest BCUT2D eigenvalue weighted by Crippen LogP contribution is 2.39. The van der Waals surface area contributed by atoms with E-state index in [4.69, 9.17) is 0 Å². The summed E-state index contributed by atoms with van der Waals surface area (Å²) in [6, 6.07) is 5.11. The van der Waals surface area contributed by atoms with Crippen molar-refractivity contribution < 1.29 is 9.50 Å². The van der Waals surface area contributed by atoms with E-state index in [2.05, 4.69) is 5.32 Å². The molecule has 1 aromatic carbocycles. The van der Waals surface area contributed by atoms with Crippen LogP contribution in [0.4, 0.5) is 10.1 Å². The number of rotatable bonds is 3. The number of benzene rings is 1. The molecule has 2 saturated carbocycles. The van der Waals surface area contributed by atoms with Crippen molar-refractivity contribution in [2.75, 3.05) is 5.32 Å². The van der Waals surface area contributed by atoms with Crippen LogP contribution in [0, 0.1) is 17.7 Å². The third-order valence-electron chi connectivity index (χ3n) is 5.37. The van der Waals surface area contributed by atoms with Gasteiger partial charge >= 0.3 is 0 Å². The fourth-order valence-electron chi connectivity index (χ4n) is 4.28. The van der Waals surface area contributed by atoms with Gasteiger partial charge in [0.05, 0.1) is 0 Å². The molecule has 3 heteroatoms. The van der Waals surface area contributed by atoms with Gasteiger partial charge in [-0.2, -0.15) is 0 Å². The van der Waals surface area contributed by atoms with E-state index in [1.54, 1.807) is 6.07 Å². The monoisotopic (exact) mass is 291 g/mol. The molecule has 0 amide bonds. The third kappa shape index (κ3) is 3.50. The first-order chi connectivity index (χ1) is 10.2. The zero-order valence-corrected chi connectivity index (χ0v) is 12.7. The molecule has 2 aliphatic rings. The molecular weight excluding hydrogens is 265 g/mol. The van der Waals surface area contributed by atoms with Crippen LogP contribution in [0.25, 0.3) is 0 Å². The van der Waals surface area contributed by atoms with Crippen molar-refractivity contribution in [1.29, 1.82) is 0 Å². The van der Waals surface area contributed by atoms with Crippen molar-refractivity contribution in [3.63, 3.8) is 0 Å². The maximum atomic E-state index is 13.5. The highest BCUT2D eigenvalue weighted by Gasteiger charge is 2.32. The number of hydrogen-bond acceptors (Lipinski definition) is 2. The average molecular weight is 291 g/mol. The minimum Gasteiger partial charge on any atom is -0.505 e. The van der Waals surface area contributed by atoms with Crippen molar-refractivity contribution in [2.45, 2.75) is 63.8 Å². The second-order valence-corrected chi connectivity index (χ2v) is 6.76. The smallest absolute Gasteiger partial charge is 0.166 e. The van der Waals surface area contributed by atoms with Crippen LogP contribution in [0.5, 0.6) is 5.75 Å². The van der Waals surface area contributed by atoms with Crippen LogP contribution in [0.2, 0.25) is 0 Å². The second kappa shape index (κ2) is 6.67. The molecule has 0 aromatic heterocycles. The summed E-state index contributed by atoms with van der Waals surface area (Å²) < 4.78 is 13.5. The summed E-state index contributed by atoms with van der Waals surface area (Å²) in [7, 11) is 0. The number of aromatic hydroxyl groups is 1. The van der Waals surface area contributed by atoms with E-state index in [0.717, 1.165) is 17.5 Å². The normalized spacial score (nSPS) is 27.5. The highest BCUT2D eigenvalue weighted by molar-refractivity contribution is 5.47. The van der Waals surface area contributed by atoms with Crippen molar-refractivity contribution in [2.24, 2.45) is 11.8 Å². The lowest BCUT2D eigenvalue weighted by atomic mass is 9.71. The van der Waals surface area contributed by atoms with E-state index in [1.807, 2.05) is 0 Å². The maximum absolute atomic E-state index is 13.5. The molecular formula is C18H26FNO. The molecule has 2 unspecified atom stereocenters. The number of hydrogen-bond donors (Lipinski definition) is 2. The summed E-state index contributed by atoms with van der Waals surface area (Å²) in [6.45, 7) is 0. The van der Waals surface area contributed by atoms with Crippen molar-refractivity contribution in [3.05, 3.63) is 24.0 Å². The lowest BCUT2D eigenvalue weighted by molar-refractivity contribution is 0.180. The molecule has 0 saturated heterocycles. The molecule has 3 rings (SSSR count). The maximum Gasteiger partial charge on any atom is 0.166 e. The molecule has 1 aromatic rings. The first-order valence-corrected chi connectivity index (χ1v) is 8.49. The Morgan fingerprint density at radius 3 is 2.43 bits per heavy atom. The van der Waals surface area contributed by atoms with Gasteiger partial charge in [0.1, 0.15) is 0 Å². The van der Waals surface area contributed by atoms with Gasteiger partial charge in [-0.1, -0.05) is 44.9 Å². The Kier molecular flexibility index (Phi) is 4.67. The SMILES string of the molecule is Oc1ccc(NC2CCCCC2C2CCCCC2)cc1F. The average Bonchev–Trinajstić information content (AvgIpc) is 2.52. The van der Waals surface area contributed by atoms with Crippen LogP contribution < -0.4 is 5.32 Å². The number of phenolic OH excluding ortho intramolecular Hbond substituents is 1. The fourth-order valence-corrected chi connectivity index (χ4v) is 4.28. The summed E-state index contributed by atoms with van der Waals surface area (Å²) in [5.74, 6) is 0.771. The lowest BCUT2D eigenvalue weighted by Gasteiger charge is -2.39. The van der Waals surface area contributed by atoms with Gasteiger partial charge in [-0.05, 0) is 36.8 Å². The van der Waals surface area contributed by atoms with Gasteiger partial charge in [0.25, 0.3) is 0 Å². The third-order valence-corrected chi connectivity index (χ3v) is 5.37. The Hall–Kier alpha value is -1.25. The van der Waals surface area contributed by atoms with Gasteiger partial charge in [0, 0.05) is 17.8 Å². The molecule has 0 bridgehead atoms. The Balaban J connectivity index is 1.69. The number of nitrogens with one attached hydrogen (secondary N) is 1. The minimum absolute atomic E-state index is 0.270. The standard InChI is InChI=1S/C18H26FNO/c19-16-12-14(10-11-18(16)21)20-17-9-5-4-8-15(17)13-6-2-1-3-7-13/h10-13,15,17,20-21H,1-9H2. The van der Waals surface area contributed by atoms with Crippen LogP contribution >= 0.6 is 0 Å². The van der Waals surface area contributed by atoms with Gasteiger partial charge in [-0.15, -0.1) is 0 Å². The van der Waals surface area contributed by atoms with Crippen LogP contribution in [0.15, 0.2) is 18.2 Å². The topological polar surface area (TPSA) is 32.3 Å². The van der Waals surface area contributed by atoms with Gasteiger partial charge in [-0.25, -0.2) is 4.39 Å². The summed E-state index contributed by atoms with van der Waals surface area (Å²) in [5, 5.41) is 12.8. The first-order valence-electron chi connectivity index (χ1n) is 8.49. The van der Waals surface area contributed by atoms with Crippen molar-refractivity contribution in [3.8, 4) is 5.75 Å². The van der Waals surface area contributed by atoms with Gasteiger partial charge in [0.15, 0.2) is 11.6 Å². The van der Waals surface area contributed by atoms with E-state index in [1.165, 1.54) is 69.9 Å². The number of phenols is 1. The molecule has 2 N–H and O–H groups in total. The quantitative estimate of drug-likeness (QED) is 0.761. The van der Waals surface area contributed by atoms with Gasteiger partial charge < -0.3 is 10.4 Å². The number of anilines is 1. The van der Waals surface area contributed by atoms with E-state index in [-0.39, 0.29) is 5.75 Å². The molecule has 2 aliphatic carbocycles. The zero-order valence-electron chi connectivity index (χ0n) is 12.7. The Labute approximate surface area is 126 Å². The molecule has 0 aliphatic heterocycles. The fraction of sp³-hybridized carbons (Fsp3) is 0.667. The molecule has 2 nitrogen and oxygen atoms in total. The predicted octanol–water partition coefficient (Wildman–Crippen LogP) is 5.08. The lowest BCUT2D eigenvalue weighted by Crippen LogP contribution is -2.37. The van der Waals surface area contributed by atoms with E-state index < -0.39 is 5.82 Å². The van der Waals surface area contributed by atoms with Crippen LogP contribution in [0.1, 0.15) is 57.8 Å². The van der Waals surface area contributed by atoms with Crippen LogP contribution in [-0.4, -0.2) is 11.1 Å². The summed E-state index contributed by atoms with van der Waals surface area (Å²) >= 11 is 0. The molecule has 2 fully saturated rings. The van der Waals surface area contributed by atoms with Gasteiger partial charge in [0.2, 0.25) is 0 Å². The van der Waals surface area contributed by atoms with Gasteiger partial charge in [-0.3, -0.25) is 0 Å². The molecule has 0 heterocycles. The highest BCUT2D eigenvalue weighted by atomic mass is 19.1. The minimum atomic E-state index is -0.537. The van der Waals surface area contributed by atoms with Crippen LogP contribution in [-0.2, 0) is 0 Å². The molecule has 21 heavy (non-hydrogen) atoms. The van der Waals surface area contributed by atoms with E-state index in [0.29, 0.717) is 6.04 Å². The number of halogens is 1. The molecule has 0 spiro atoms. The Morgan fingerprint density at radius 2 is 1.67 bits per heavy atom. The summed E-state index contributed by atoms with van der Waals surface area (Å²) in [6.07, 6.45) is 12.0. The Bertz CT molecular complexity index is 470. The van der Waals surface area contributed by atoms with Crippen molar-refractivity contribution in [1.82, 2.24) is 0 Å². The van der Waals surface area contributed by atoms with Crippen LogP contribution in [0.3, 0.4) is 0 Å². The predicted molar refractivity (Wildman–Crippen MR) is 84.0 cm³/mol. The molecule has 2 atom stereocenters. The van der Waals surface area contributed by atoms with E-state index in [9.17, 15) is 9.50 Å². The second-order valence-electron chi connectivity index (χ2n) is 6.76. The molecule has 0 radical (unpaired) electrons.